The minimum absolute atomic E-state index is 0.150. The zero-order valence-corrected chi connectivity index (χ0v) is 17.3. The number of hydrogen-bond acceptors (Lipinski definition) is 6. The Hall–Kier alpha value is -3.42. The van der Waals surface area contributed by atoms with E-state index in [0.29, 0.717) is 12.1 Å². The maximum atomic E-state index is 12.8. The van der Waals surface area contributed by atoms with Crippen LogP contribution in [0.25, 0.3) is 5.65 Å². The molecule has 0 spiro atoms. The Morgan fingerprint density at radius 3 is 2.43 bits per heavy atom. The number of nitrogens with zero attached hydrogens (tertiary/aromatic N) is 5. The molecular formula is C22H26N6O2. The van der Waals surface area contributed by atoms with Crippen molar-refractivity contribution >= 4 is 28.7 Å². The minimum atomic E-state index is -0.373. The van der Waals surface area contributed by atoms with Crippen LogP contribution in [0.3, 0.4) is 0 Å². The van der Waals surface area contributed by atoms with E-state index in [9.17, 15) is 9.59 Å². The maximum Gasteiger partial charge on any atom is 0.298 e. The van der Waals surface area contributed by atoms with Crippen molar-refractivity contribution in [3.8, 4) is 0 Å². The molecule has 3 heterocycles. The zero-order valence-electron chi connectivity index (χ0n) is 17.3. The third kappa shape index (κ3) is 4.27. The second-order valence-corrected chi connectivity index (χ2v) is 7.89. The van der Waals surface area contributed by atoms with Gasteiger partial charge in [-0.25, -0.2) is 4.98 Å². The van der Waals surface area contributed by atoms with E-state index in [0.717, 1.165) is 32.0 Å². The van der Waals surface area contributed by atoms with E-state index in [1.54, 1.807) is 6.07 Å². The van der Waals surface area contributed by atoms with Crippen molar-refractivity contribution in [1.82, 2.24) is 14.6 Å². The Kier molecular flexibility index (Phi) is 5.65. The molecule has 1 fully saturated rings. The van der Waals surface area contributed by atoms with Gasteiger partial charge in [-0.05, 0) is 30.2 Å². The average molecular weight is 406 g/mol. The molecule has 1 amide bonds. The monoisotopic (exact) mass is 406 g/mol. The van der Waals surface area contributed by atoms with Gasteiger partial charge in [0.1, 0.15) is 11.5 Å². The van der Waals surface area contributed by atoms with Gasteiger partial charge in [0.2, 0.25) is 5.91 Å². The van der Waals surface area contributed by atoms with E-state index in [4.69, 9.17) is 0 Å². The van der Waals surface area contributed by atoms with E-state index >= 15 is 0 Å². The van der Waals surface area contributed by atoms with Crippen molar-refractivity contribution in [2.24, 2.45) is 5.92 Å². The van der Waals surface area contributed by atoms with Gasteiger partial charge < -0.3 is 15.1 Å². The molecule has 0 aliphatic carbocycles. The van der Waals surface area contributed by atoms with Gasteiger partial charge in [0, 0.05) is 38.3 Å². The SMILES string of the molecule is CC(C)CC(=O)Nc1cnc2ccc(N3CCN(c4ccccc4)CC3)nn2c1=O. The first kappa shape index (κ1) is 19.9. The second-order valence-electron chi connectivity index (χ2n) is 7.89. The highest BCUT2D eigenvalue weighted by molar-refractivity contribution is 5.90. The summed E-state index contributed by atoms with van der Waals surface area (Å²) in [4.78, 5) is 33.7. The molecule has 3 aromatic rings. The highest BCUT2D eigenvalue weighted by atomic mass is 16.2. The number of amides is 1. The molecule has 1 aliphatic rings. The molecule has 1 aromatic carbocycles. The highest BCUT2D eigenvalue weighted by Gasteiger charge is 2.19. The molecule has 4 rings (SSSR count). The summed E-state index contributed by atoms with van der Waals surface area (Å²) < 4.78 is 1.27. The number of carbonyl (C=O) groups excluding carboxylic acids is 1. The van der Waals surface area contributed by atoms with Crippen LogP contribution in [0.4, 0.5) is 17.2 Å². The lowest BCUT2D eigenvalue weighted by Gasteiger charge is -2.36. The molecule has 1 N–H and O–H groups in total. The Balaban J connectivity index is 1.52. The Bertz CT molecular complexity index is 1090. The van der Waals surface area contributed by atoms with Crippen LogP contribution in [-0.4, -0.2) is 46.7 Å². The predicted octanol–water partition coefficient (Wildman–Crippen LogP) is 2.40. The molecule has 0 unspecified atom stereocenters. The number of nitrogens with one attached hydrogen (secondary N) is 1. The summed E-state index contributed by atoms with van der Waals surface area (Å²) in [7, 11) is 0. The molecule has 8 heteroatoms. The minimum Gasteiger partial charge on any atom is -0.368 e. The molecule has 8 nitrogen and oxygen atoms in total. The molecule has 0 radical (unpaired) electrons. The lowest BCUT2D eigenvalue weighted by Crippen LogP contribution is -2.47. The quantitative estimate of drug-likeness (QED) is 0.701. The first-order chi connectivity index (χ1) is 14.5. The lowest BCUT2D eigenvalue weighted by atomic mass is 10.1. The van der Waals surface area contributed by atoms with Crippen molar-refractivity contribution in [3.63, 3.8) is 0 Å². The number of benzene rings is 1. The number of hydrogen-bond donors (Lipinski definition) is 1. The average Bonchev–Trinajstić information content (AvgIpc) is 2.76. The molecule has 1 saturated heterocycles. The van der Waals surface area contributed by atoms with Gasteiger partial charge in [-0.15, -0.1) is 5.10 Å². The van der Waals surface area contributed by atoms with Crippen molar-refractivity contribution in [3.05, 3.63) is 59.0 Å². The van der Waals surface area contributed by atoms with Crippen molar-refractivity contribution in [2.45, 2.75) is 20.3 Å². The zero-order chi connectivity index (χ0) is 21.1. The van der Waals surface area contributed by atoms with Crippen LogP contribution in [0, 0.1) is 5.92 Å². The number of aromatic nitrogens is 3. The topological polar surface area (TPSA) is 82.8 Å². The Labute approximate surface area is 175 Å². The van der Waals surface area contributed by atoms with Crippen LogP contribution >= 0.6 is 0 Å². The Morgan fingerprint density at radius 1 is 1.03 bits per heavy atom. The van der Waals surface area contributed by atoms with Crippen LogP contribution in [-0.2, 0) is 4.79 Å². The van der Waals surface area contributed by atoms with Crippen LogP contribution in [0.15, 0.2) is 53.5 Å². The summed E-state index contributed by atoms with van der Waals surface area (Å²) in [6.45, 7) is 7.28. The Morgan fingerprint density at radius 2 is 1.73 bits per heavy atom. The van der Waals surface area contributed by atoms with E-state index in [-0.39, 0.29) is 23.1 Å². The summed E-state index contributed by atoms with van der Waals surface area (Å²) in [6.07, 6.45) is 1.75. The number of rotatable bonds is 5. The van der Waals surface area contributed by atoms with Gasteiger partial charge >= 0.3 is 0 Å². The summed E-state index contributed by atoms with van der Waals surface area (Å²) in [5.41, 5.74) is 1.44. The van der Waals surface area contributed by atoms with Crippen molar-refractivity contribution in [2.75, 3.05) is 41.3 Å². The summed E-state index contributed by atoms with van der Waals surface area (Å²) in [5.74, 6) is 0.738. The molecule has 0 atom stereocenters. The van der Waals surface area contributed by atoms with E-state index in [1.165, 1.54) is 16.4 Å². The van der Waals surface area contributed by atoms with Gasteiger partial charge in [0.15, 0.2) is 5.65 Å². The van der Waals surface area contributed by atoms with Crippen LogP contribution in [0.5, 0.6) is 0 Å². The molecule has 1 aliphatic heterocycles. The van der Waals surface area contributed by atoms with Gasteiger partial charge in [0.25, 0.3) is 5.56 Å². The fourth-order valence-electron chi connectivity index (χ4n) is 3.61. The maximum absolute atomic E-state index is 12.8. The van der Waals surface area contributed by atoms with Gasteiger partial charge in [-0.3, -0.25) is 9.59 Å². The first-order valence-corrected chi connectivity index (χ1v) is 10.2. The molecule has 0 bridgehead atoms. The lowest BCUT2D eigenvalue weighted by molar-refractivity contribution is -0.116. The van der Waals surface area contributed by atoms with Crippen LogP contribution in [0.1, 0.15) is 20.3 Å². The normalized spacial score (nSPS) is 14.4. The largest absolute Gasteiger partial charge is 0.368 e. The van der Waals surface area contributed by atoms with Gasteiger partial charge in [-0.1, -0.05) is 32.0 Å². The predicted molar refractivity (Wildman–Crippen MR) is 118 cm³/mol. The number of fused-ring (bicyclic) bond motifs is 1. The number of carbonyl (C=O) groups is 1. The van der Waals surface area contributed by atoms with Crippen molar-refractivity contribution < 1.29 is 4.79 Å². The first-order valence-electron chi connectivity index (χ1n) is 10.2. The summed E-state index contributed by atoms with van der Waals surface area (Å²) >= 11 is 0. The molecular weight excluding hydrogens is 380 g/mol. The number of para-hydroxylation sites is 1. The molecule has 30 heavy (non-hydrogen) atoms. The van der Waals surface area contributed by atoms with Crippen LogP contribution < -0.4 is 20.7 Å². The second kappa shape index (κ2) is 8.52. The van der Waals surface area contributed by atoms with Crippen LogP contribution in [0.2, 0.25) is 0 Å². The molecule has 0 saturated carbocycles. The van der Waals surface area contributed by atoms with Crippen molar-refractivity contribution in [1.29, 1.82) is 0 Å². The van der Waals surface area contributed by atoms with E-state index < -0.39 is 0 Å². The number of anilines is 3. The summed E-state index contributed by atoms with van der Waals surface area (Å²) in [6, 6.07) is 14.0. The molecule has 2 aromatic heterocycles. The highest BCUT2D eigenvalue weighted by Crippen LogP contribution is 2.19. The number of piperazine rings is 1. The van der Waals surface area contributed by atoms with E-state index in [1.807, 2.05) is 38.1 Å². The van der Waals surface area contributed by atoms with E-state index in [2.05, 4.69) is 37.3 Å². The third-order valence-electron chi connectivity index (χ3n) is 5.14. The molecule has 156 valence electrons. The van der Waals surface area contributed by atoms with Gasteiger partial charge in [-0.2, -0.15) is 4.52 Å². The smallest absolute Gasteiger partial charge is 0.298 e. The summed E-state index contributed by atoms with van der Waals surface area (Å²) in [5, 5.41) is 7.18. The standard InChI is InChI=1S/C22H26N6O2/c1-16(2)14-21(29)24-18-15-23-19-8-9-20(25-28(19)22(18)30)27-12-10-26(11-13-27)17-6-4-3-5-7-17/h3-9,15-16H,10-14H2,1-2H3,(H,24,29). The fraction of sp³-hybridized carbons (Fsp3) is 0.364. The third-order valence-corrected chi connectivity index (χ3v) is 5.14. The fourth-order valence-corrected chi connectivity index (χ4v) is 3.61. The van der Waals surface area contributed by atoms with Gasteiger partial charge in [0.05, 0.1) is 6.20 Å².